The van der Waals surface area contributed by atoms with Crippen LogP contribution in [0.2, 0.25) is 0 Å². The Morgan fingerprint density at radius 2 is 2.16 bits per heavy atom. The van der Waals surface area contributed by atoms with Gasteiger partial charge >= 0.3 is 0 Å². The maximum atomic E-state index is 6.01. The van der Waals surface area contributed by atoms with Crippen LogP contribution < -0.4 is 5.73 Å². The summed E-state index contributed by atoms with van der Waals surface area (Å²) in [4.78, 5) is 16.2. The number of hydrogen-bond donors (Lipinski definition) is 2. The average molecular weight is 333 g/mol. The topological polar surface area (TPSA) is 80.0 Å². The number of fused-ring (bicyclic) bond motifs is 1. The van der Waals surface area contributed by atoms with Gasteiger partial charge in [0.1, 0.15) is 5.65 Å². The van der Waals surface area contributed by atoms with E-state index < -0.39 is 0 Å². The Morgan fingerprint density at radius 1 is 1.28 bits per heavy atom. The third kappa shape index (κ3) is 4.32. The molecule has 0 fully saturated rings. The SMILES string of the molecule is CN=C(C)C=C(N)CCc1ccc(Cc2c[nH]c3ncccc23)cn1. The molecule has 3 N–H and O–H groups in total. The summed E-state index contributed by atoms with van der Waals surface area (Å²) in [6.07, 6.45) is 10.1. The van der Waals surface area contributed by atoms with Crippen LogP contribution in [-0.2, 0) is 12.8 Å². The number of nitrogens with zero attached hydrogens (tertiary/aromatic N) is 3. The first-order chi connectivity index (χ1) is 12.2. The van der Waals surface area contributed by atoms with Gasteiger partial charge < -0.3 is 10.7 Å². The van der Waals surface area contributed by atoms with Crippen molar-refractivity contribution < 1.29 is 0 Å². The number of H-pyrrole nitrogens is 1. The van der Waals surface area contributed by atoms with Crippen molar-refractivity contribution in [2.24, 2.45) is 10.7 Å². The standard InChI is InChI=1S/C20H23N5/c1-14(22-2)10-17(21)6-8-18-7-5-15(12-24-18)11-16-13-25-20-19(16)4-3-9-23-20/h3-5,7,9-10,12-13H,6,8,11,21H2,1-2H3,(H,23,25). The Labute approximate surface area is 147 Å². The van der Waals surface area contributed by atoms with Crippen LogP contribution in [0.15, 0.2) is 59.6 Å². The average Bonchev–Trinajstić information content (AvgIpc) is 3.04. The van der Waals surface area contributed by atoms with Crippen molar-refractivity contribution in [3.63, 3.8) is 0 Å². The number of nitrogens with one attached hydrogen (secondary N) is 1. The summed E-state index contributed by atoms with van der Waals surface area (Å²) >= 11 is 0. The van der Waals surface area contributed by atoms with Gasteiger partial charge in [-0.05, 0) is 55.2 Å². The molecule has 0 aliphatic heterocycles. The first-order valence-corrected chi connectivity index (χ1v) is 8.40. The molecule has 3 aromatic rings. The molecule has 5 heteroatoms. The van der Waals surface area contributed by atoms with Crippen molar-refractivity contribution in [1.29, 1.82) is 0 Å². The summed E-state index contributed by atoms with van der Waals surface area (Å²) in [7, 11) is 1.77. The molecule has 128 valence electrons. The van der Waals surface area contributed by atoms with Gasteiger partial charge in [-0.1, -0.05) is 6.07 Å². The van der Waals surface area contributed by atoms with Crippen LogP contribution >= 0.6 is 0 Å². The fraction of sp³-hybridized carbons (Fsp3) is 0.250. The van der Waals surface area contributed by atoms with Crippen molar-refractivity contribution in [3.05, 3.63) is 71.4 Å². The molecule has 0 bridgehead atoms. The zero-order valence-electron chi connectivity index (χ0n) is 14.7. The molecule has 0 radical (unpaired) electrons. The Kier molecular flexibility index (Phi) is 5.23. The van der Waals surface area contributed by atoms with E-state index in [1.54, 1.807) is 13.2 Å². The molecule has 0 aliphatic rings. The first-order valence-electron chi connectivity index (χ1n) is 8.40. The van der Waals surface area contributed by atoms with Gasteiger partial charge in [-0.2, -0.15) is 0 Å². The van der Waals surface area contributed by atoms with E-state index in [0.717, 1.165) is 47.4 Å². The number of nitrogens with two attached hydrogens (primary N) is 1. The van der Waals surface area contributed by atoms with Gasteiger partial charge in [0.2, 0.25) is 0 Å². The molecule has 0 atom stereocenters. The molecule has 3 heterocycles. The number of aromatic amines is 1. The molecule has 3 rings (SSSR count). The summed E-state index contributed by atoms with van der Waals surface area (Å²) in [6.45, 7) is 1.94. The molecular formula is C20H23N5. The second-order valence-corrected chi connectivity index (χ2v) is 6.13. The Bertz CT molecular complexity index is 903. The van der Waals surface area contributed by atoms with Gasteiger partial charge in [0.25, 0.3) is 0 Å². The zero-order valence-corrected chi connectivity index (χ0v) is 14.7. The monoisotopic (exact) mass is 333 g/mol. The first kappa shape index (κ1) is 16.9. The van der Waals surface area contributed by atoms with Crippen molar-refractivity contribution in [2.75, 3.05) is 7.05 Å². The quantitative estimate of drug-likeness (QED) is 0.678. The molecule has 0 aromatic carbocycles. The minimum Gasteiger partial charge on any atom is -0.402 e. The highest BCUT2D eigenvalue weighted by Gasteiger charge is 2.05. The highest BCUT2D eigenvalue weighted by molar-refractivity contribution is 5.93. The van der Waals surface area contributed by atoms with E-state index in [1.165, 1.54) is 11.1 Å². The number of pyridine rings is 2. The van der Waals surface area contributed by atoms with Gasteiger partial charge in [0, 0.05) is 54.5 Å². The van der Waals surface area contributed by atoms with Gasteiger partial charge in [-0.15, -0.1) is 0 Å². The molecule has 0 unspecified atom stereocenters. The summed E-state index contributed by atoms with van der Waals surface area (Å²) in [5.74, 6) is 0. The van der Waals surface area contributed by atoms with Crippen LogP contribution in [0.25, 0.3) is 11.0 Å². The summed E-state index contributed by atoms with van der Waals surface area (Å²) in [5, 5.41) is 1.16. The highest BCUT2D eigenvalue weighted by atomic mass is 14.8. The van der Waals surface area contributed by atoms with Gasteiger partial charge in [-0.25, -0.2) is 4.98 Å². The molecule has 0 saturated heterocycles. The van der Waals surface area contributed by atoms with Crippen LogP contribution in [0.3, 0.4) is 0 Å². The third-order valence-electron chi connectivity index (χ3n) is 4.23. The number of aliphatic imine (C=N–C) groups is 1. The number of hydrogen-bond acceptors (Lipinski definition) is 4. The predicted molar refractivity (Wildman–Crippen MR) is 103 cm³/mol. The maximum Gasteiger partial charge on any atom is 0.137 e. The fourth-order valence-corrected chi connectivity index (χ4v) is 2.76. The smallest absolute Gasteiger partial charge is 0.137 e. The summed E-state index contributed by atoms with van der Waals surface area (Å²) in [6, 6.07) is 8.27. The van der Waals surface area contributed by atoms with E-state index >= 15 is 0 Å². The molecule has 25 heavy (non-hydrogen) atoms. The van der Waals surface area contributed by atoms with E-state index in [2.05, 4.69) is 38.1 Å². The van der Waals surface area contributed by atoms with Crippen molar-refractivity contribution in [2.45, 2.75) is 26.2 Å². The summed E-state index contributed by atoms with van der Waals surface area (Å²) in [5.41, 5.74) is 12.2. The largest absolute Gasteiger partial charge is 0.402 e. The van der Waals surface area contributed by atoms with Gasteiger partial charge in [-0.3, -0.25) is 9.98 Å². The lowest BCUT2D eigenvalue weighted by atomic mass is 10.1. The van der Waals surface area contributed by atoms with Crippen LogP contribution in [0.5, 0.6) is 0 Å². The van der Waals surface area contributed by atoms with Gasteiger partial charge in [0.05, 0.1) is 0 Å². The Hall–Kier alpha value is -2.95. The Morgan fingerprint density at radius 3 is 2.92 bits per heavy atom. The number of rotatable bonds is 6. The Balaban J connectivity index is 1.63. The summed E-state index contributed by atoms with van der Waals surface area (Å²) < 4.78 is 0. The predicted octanol–water partition coefficient (Wildman–Crippen LogP) is 3.41. The van der Waals surface area contributed by atoms with Crippen LogP contribution in [-0.4, -0.2) is 27.7 Å². The van der Waals surface area contributed by atoms with Crippen molar-refractivity contribution >= 4 is 16.7 Å². The highest BCUT2D eigenvalue weighted by Crippen LogP contribution is 2.19. The molecule has 0 spiro atoms. The van der Waals surface area contributed by atoms with E-state index in [9.17, 15) is 0 Å². The minimum absolute atomic E-state index is 0.785. The lowest BCUT2D eigenvalue weighted by molar-refractivity contribution is 0.886. The second-order valence-electron chi connectivity index (χ2n) is 6.13. The third-order valence-corrected chi connectivity index (χ3v) is 4.23. The normalized spacial score (nSPS) is 12.7. The molecule has 5 nitrogen and oxygen atoms in total. The van der Waals surface area contributed by atoms with E-state index in [0.29, 0.717) is 0 Å². The molecule has 0 aliphatic carbocycles. The van der Waals surface area contributed by atoms with E-state index in [4.69, 9.17) is 5.73 Å². The van der Waals surface area contributed by atoms with Crippen LogP contribution in [0, 0.1) is 0 Å². The molecule has 0 amide bonds. The number of aryl methyl sites for hydroxylation is 1. The fourth-order valence-electron chi connectivity index (χ4n) is 2.76. The molecular weight excluding hydrogens is 310 g/mol. The maximum absolute atomic E-state index is 6.01. The van der Waals surface area contributed by atoms with E-state index in [-0.39, 0.29) is 0 Å². The van der Waals surface area contributed by atoms with E-state index in [1.807, 2.05) is 31.5 Å². The number of allylic oxidation sites excluding steroid dienone is 2. The van der Waals surface area contributed by atoms with Crippen molar-refractivity contribution in [3.8, 4) is 0 Å². The van der Waals surface area contributed by atoms with Crippen LogP contribution in [0.1, 0.15) is 30.2 Å². The minimum atomic E-state index is 0.785. The molecule has 0 saturated carbocycles. The zero-order chi connectivity index (χ0) is 17.6. The van der Waals surface area contributed by atoms with Crippen LogP contribution in [0.4, 0.5) is 0 Å². The lowest BCUT2D eigenvalue weighted by Gasteiger charge is -2.04. The van der Waals surface area contributed by atoms with Gasteiger partial charge in [0.15, 0.2) is 0 Å². The molecule has 3 aromatic heterocycles. The second kappa shape index (κ2) is 7.75. The van der Waals surface area contributed by atoms with Crippen molar-refractivity contribution in [1.82, 2.24) is 15.0 Å². The lowest BCUT2D eigenvalue weighted by Crippen LogP contribution is -2.03. The number of aromatic nitrogens is 3.